The number of hydrogen-bond acceptors (Lipinski definition) is 6. The summed E-state index contributed by atoms with van der Waals surface area (Å²) >= 11 is 0. The fourth-order valence-corrected chi connectivity index (χ4v) is 5.05. The smallest absolute Gasteiger partial charge is 0.282 e. The SMILES string of the molecule is COc1ccc(N2C(=O)C(c3c(-c4ccccc4)[nH]n(C)c3=O)=C(N3CCC(C)CC3)C2=O)c(OC)c1. The van der Waals surface area contributed by atoms with E-state index in [2.05, 4.69) is 12.0 Å². The lowest BCUT2D eigenvalue weighted by atomic mass is 9.96. The molecule has 37 heavy (non-hydrogen) atoms. The summed E-state index contributed by atoms with van der Waals surface area (Å²) in [5.74, 6) is 0.338. The molecular formula is C28H30N4O5. The molecule has 1 fully saturated rings. The molecule has 2 aromatic carbocycles. The van der Waals surface area contributed by atoms with Crippen molar-refractivity contribution in [1.29, 1.82) is 0 Å². The molecule has 2 aliphatic heterocycles. The molecule has 0 atom stereocenters. The number of imide groups is 1. The maximum absolute atomic E-state index is 14.2. The van der Waals surface area contributed by atoms with Crippen LogP contribution in [0.2, 0.25) is 0 Å². The van der Waals surface area contributed by atoms with E-state index in [0.717, 1.165) is 23.3 Å². The third-order valence-corrected chi connectivity index (χ3v) is 7.15. The van der Waals surface area contributed by atoms with Crippen molar-refractivity contribution in [3.8, 4) is 22.8 Å². The Morgan fingerprint density at radius 2 is 1.62 bits per heavy atom. The molecule has 9 nitrogen and oxygen atoms in total. The van der Waals surface area contributed by atoms with Gasteiger partial charge in [0.25, 0.3) is 17.4 Å². The summed E-state index contributed by atoms with van der Waals surface area (Å²) in [5, 5.41) is 3.09. The van der Waals surface area contributed by atoms with E-state index < -0.39 is 11.8 Å². The van der Waals surface area contributed by atoms with E-state index in [1.807, 2.05) is 35.2 Å². The topological polar surface area (TPSA) is 96.9 Å². The van der Waals surface area contributed by atoms with Gasteiger partial charge in [-0.1, -0.05) is 37.3 Å². The number of nitrogens with one attached hydrogen (secondary N) is 1. The van der Waals surface area contributed by atoms with Gasteiger partial charge in [-0.25, -0.2) is 4.90 Å². The molecule has 0 spiro atoms. The third kappa shape index (κ3) is 4.10. The zero-order chi connectivity index (χ0) is 26.3. The first-order chi connectivity index (χ1) is 17.8. The monoisotopic (exact) mass is 502 g/mol. The molecule has 0 aliphatic carbocycles. The van der Waals surface area contributed by atoms with Crippen molar-refractivity contribution < 1.29 is 19.1 Å². The summed E-state index contributed by atoms with van der Waals surface area (Å²) in [4.78, 5) is 44.8. The Morgan fingerprint density at radius 1 is 0.919 bits per heavy atom. The summed E-state index contributed by atoms with van der Waals surface area (Å²) < 4.78 is 12.2. The second kappa shape index (κ2) is 9.65. The minimum Gasteiger partial charge on any atom is -0.497 e. The van der Waals surface area contributed by atoms with Gasteiger partial charge in [0.1, 0.15) is 17.2 Å². The molecule has 2 amide bonds. The zero-order valence-corrected chi connectivity index (χ0v) is 21.4. The Kier molecular flexibility index (Phi) is 6.37. The number of hydrogen-bond donors (Lipinski definition) is 1. The van der Waals surface area contributed by atoms with Crippen LogP contribution in [0.5, 0.6) is 11.5 Å². The fraction of sp³-hybridized carbons (Fsp3) is 0.321. The van der Waals surface area contributed by atoms with E-state index in [0.29, 0.717) is 41.9 Å². The average Bonchev–Trinajstić information content (AvgIpc) is 3.35. The molecule has 192 valence electrons. The standard InChI is InChI=1S/C28H30N4O5/c1-17-12-14-31(15-13-17)25-23(22-24(29-30(2)26(22)33)18-8-6-5-7-9-18)27(34)32(28(25)35)20-11-10-19(36-3)16-21(20)37-4/h5-11,16-17,29H,12-15H2,1-4H3. The van der Waals surface area contributed by atoms with Gasteiger partial charge >= 0.3 is 0 Å². The van der Waals surface area contributed by atoms with Gasteiger partial charge in [0.2, 0.25) is 0 Å². The molecule has 0 unspecified atom stereocenters. The van der Waals surface area contributed by atoms with Gasteiger partial charge < -0.3 is 14.4 Å². The molecule has 0 bridgehead atoms. The average molecular weight is 503 g/mol. The van der Waals surface area contributed by atoms with Crippen molar-refractivity contribution in [2.45, 2.75) is 19.8 Å². The summed E-state index contributed by atoms with van der Waals surface area (Å²) in [7, 11) is 4.61. The van der Waals surface area contributed by atoms with Crippen molar-refractivity contribution in [1.82, 2.24) is 14.7 Å². The van der Waals surface area contributed by atoms with Gasteiger partial charge in [-0.3, -0.25) is 24.2 Å². The number of amides is 2. The van der Waals surface area contributed by atoms with Crippen molar-refractivity contribution in [3.05, 3.63) is 70.1 Å². The zero-order valence-electron chi connectivity index (χ0n) is 21.4. The van der Waals surface area contributed by atoms with Crippen molar-refractivity contribution in [2.75, 3.05) is 32.2 Å². The first-order valence-corrected chi connectivity index (χ1v) is 12.3. The number of ether oxygens (including phenoxy) is 2. The van der Waals surface area contributed by atoms with Crippen LogP contribution in [-0.4, -0.2) is 53.8 Å². The highest BCUT2D eigenvalue weighted by Crippen LogP contribution is 2.41. The second-order valence-corrected chi connectivity index (χ2v) is 9.47. The molecule has 9 heteroatoms. The number of H-pyrrole nitrogens is 1. The predicted molar refractivity (Wildman–Crippen MR) is 140 cm³/mol. The highest BCUT2D eigenvalue weighted by atomic mass is 16.5. The number of anilines is 1. The van der Waals surface area contributed by atoms with E-state index in [-0.39, 0.29) is 22.4 Å². The highest BCUT2D eigenvalue weighted by Gasteiger charge is 2.46. The number of carbonyl (C=O) groups excluding carboxylic acids is 2. The van der Waals surface area contributed by atoms with Crippen LogP contribution in [0.15, 0.2) is 59.0 Å². The molecule has 1 N–H and O–H groups in total. The van der Waals surface area contributed by atoms with E-state index in [1.165, 1.54) is 18.9 Å². The van der Waals surface area contributed by atoms with E-state index in [9.17, 15) is 14.4 Å². The van der Waals surface area contributed by atoms with Gasteiger partial charge in [-0.05, 0) is 30.9 Å². The quantitative estimate of drug-likeness (QED) is 0.519. The number of benzene rings is 2. The molecule has 3 heterocycles. The maximum atomic E-state index is 14.2. The number of carbonyl (C=O) groups is 2. The Bertz CT molecular complexity index is 1440. The number of methoxy groups -OCH3 is 2. The Morgan fingerprint density at radius 3 is 2.27 bits per heavy atom. The fourth-order valence-electron chi connectivity index (χ4n) is 5.05. The largest absolute Gasteiger partial charge is 0.497 e. The summed E-state index contributed by atoms with van der Waals surface area (Å²) in [6, 6.07) is 14.3. The lowest BCUT2D eigenvalue weighted by Crippen LogP contribution is -2.38. The molecule has 5 rings (SSSR count). The highest BCUT2D eigenvalue weighted by molar-refractivity contribution is 6.46. The van der Waals surface area contributed by atoms with Crippen LogP contribution < -0.4 is 19.9 Å². The normalized spacial score (nSPS) is 16.6. The van der Waals surface area contributed by atoms with Crippen LogP contribution in [0, 0.1) is 5.92 Å². The third-order valence-electron chi connectivity index (χ3n) is 7.15. The van der Waals surface area contributed by atoms with Crippen LogP contribution in [0.25, 0.3) is 16.8 Å². The van der Waals surface area contributed by atoms with Gasteiger partial charge in [0.15, 0.2) is 0 Å². The molecule has 0 radical (unpaired) electrons. The molecule has 3 aromatic rings. The number of likely N-dealkylation sites (tertiary alicyclic amines) is 1. The number of nitrogens with zero attached hydrogens (tertiary/aromatic N) is 3. The number of piperidine rings is 1. The number of aryl methyl sites for hydroxylation is 1. The second-order valence-electron chi connectivity index (χ2n) is 9.47. The lowest BCUT2D eigenvalue weighted by Gasteiger charge is -2.32. The van der Waals surface area contributed by atoms with Crippen molar-refractivity contribution in [3.63, 3.8) is 0 Å². The summed E-state index contributed by atoms with van der Waals surface area (Å²) in [6.07, 6.45) is 1.78. The molecule has 1 aromatic heterocycles. The minimum atomic E-state index is -0.559. The van der Waals surface area contributed by atoms with Crippen LogP contribution in [-0.2, 0) is 16.6 Å². The van der Waals surface area contributed by atoms with Gasteiger partial charge in [0, 0.05) is 31.8 Å². The summed E-state index contributed by atoms with van der Waals surface area (Å²) in [6.45, 7) is 3.42. The molecule has 1 saturated heterocycles. The first kappa shape index (κ1) is 24.4. The number of aromatic amines is 1. The van der Waals surface area contributed by atoms with Crippen LogP contribution >= 0.6 is 0 Å². The maximum Gasteiger partial charge on any atom is 0.282 e. The molecular weight excluding hydrogens is 472 g/mol. The Labute approximate surface area is 214 Å². The number of aromatic nitrogens is 2. The van der Waals surface area contributed by atoms with E-state index in [4.69, 9.17) is 9.47 Å². The first-order valence-electron chi connectivity index (χ1n) is 12.3. The minimum absolute atomic E-state index is 0.109. The van der Waals surface area contributed by atoms with Crippen LogP contribution in [0.4, 0.5) is 5.69 Å². The van der Waals surface area contributed by atoms with E-state index >= 15 is 0 Å². The van der Waals surface area contributed by atoms with Crippen LogP contribution in [0.1, 0.15) is 25.3 Å². The van der Waals surface area contributed by atoms with Crippen molar-refractivity contribution in [2.24, 2.45) is 13.0 Å². The van der Waals surface area contributed by atoms with Gasteiger partial charge in [0.05, 0.1) is 36.7 Å². The van der Waals surface area contributed by atoms with Crippen LogP contribution in [0.3, 0.4) is 0 Å². The van der Waals surface area contributed by atoms with E-state index in [1.54, 1.807) is 25.2 Å². The van der Waals surface area contributed by atoms with Crippen molar-refractivity contribution >= 4 is 23.1 Å². The molecule has 0 saturated carbocycles. The molecule has 2 aliphatic rings. The Balaban J connectivity index is 1.72. The summed E-state index contributed by atoms with van der Waals surface area (Å²) in [5.41, 5.74) is 1.72. The predicted octanol–water partition coefficient (Wildman–Crippen LogP) is 3.41. The lowest BCUT2D eigenvalue weighted by molar-refractivity contribution is -0.120. The Hall–Kier alpha value is -4.27. The van der Waals surface area contributed by atoms with Gasteiger partial charge in [-0.2, -0.15) is 0 Å². The number of rotatable bonds is 6. The van der Waals surface area contributed by atoms with Gasteiger partial charge in [-0.15, -0.1) is 0 Å².